The summed E-state index contributed by atoms with van der Waals surface area (Å²) in [6, 6.07) is 16.0. The largest absolute Gasteiger partial charge is 0.378 e. The van der Waals surface area contributed by atoms with Crippen molar-refractivity contribution >= 4 is 22.4 Å². The molecule has 0 saturated heterocycles. The van der Waals surface area contributed by atoms with Crippen molar-refractivity contribution in [1.29, 1.82) is 0 Å². The molecule has 138 valence electrons. The molecule has 4 rings (SSSR count). The Kier molecular flexibility index (Phi) is 3.98. The molecule has 0 radical (unpaired) electrons. The standard InChI is InChI=1S/C21H23N5O/c1-21(2,3)14-9-11-15(12-10-14)22-13-18-23-24-20-25(4)19(27)16-7-5-6-8-17(16)26(18)20/h5-12,22H,13H2,1-4H3. The Morgan fingerprint density at radius 2 is 1.70 bits per heavy atom. The predicted molar refractivity (Wildman–Crippen MR) is 108 cm³/mol. The third-order valence-corrected chi connectivity index (χ3v) is 4.89. The molecular weight excluding hydrogens is 338 g/mol. The van der Waals surface area contributed by atoms with Crippen LogP contribution in [0.15, 0.2) is 53.3 Å². The Hall–Kier alpha value is -3.15. The minimum absolute atomic E-state index is 0.0669. The molecule has 0 atom stereocenters. The molecule has 1 N–H and O–H groups in total. The van der Waals surface area contributed by atoms with Crippen LogP contribution >= 0.6 is 0 Å². The first-order valence-electron chi connectivity index (χ1n) is 9.02. The summed E-state index contributed by atoms with van der Waals surface area (Å²) in [5.74, 6) is 1.30. The lowest BCUT2D eigenvalue weighted by molar-refractivity contribution is 0.590. The second-order valence-corrected chi connectivity index (χ2v) is 7.81. The van der Waals surface area contributed by atoms with E-state index in [1.165, 1.54) is 10.1 Å². The van der Waals surface area contributed by atoms with E-state index in [9.17, 15) is 4.79 Å². The Morgan fingerprint density at radius 3 is 2.41 bits per heavy atom. The van der Waals surface area contributed by atoms with Crippen LogP contribution in [0.5, 0.6) is 0 Å². The molecule has 0 aliphatic rings. The Labute approximate surface area is 157 Å². The average molecular weight is 361 g/mol. The molecule has 0 aliphatic heterocycles. The highest BCUT2D eigenvalue weighted by Crippen LogP contribution is 2.23. The lowest BCUT2D eigenvalue weighted by Crippen LogP contribution is -2.20. The predicted octanol–water partition coefficient (Wildman–Crippen LogP) is 3.49. The van der Waals surface area contributed by atoms with Crippen LogP contribution in [0.4, 0.5) is 5.69 Å². The number of fused-ring (bicyclic) bond motifs is 3. The maximum absolute atomic E-state index is 12.5. The number of rotatable bonds is 3. The minimum Gasteiger partial charge on any atom is -0.378 e. The van der Waals surface area contributed by atoms with E-state index in [-0.39, 0.29) is 11.0 Å². The zero-order valence-corrected chi connectivity index (χ0v) is 16.0. The van der Waals surface area contributed by atoms with Crippen molar-refractivity contribution in [3.05, 3.63) is 70.3 Å². The molecule has 0 bridgehead atoms. The van der Waals surface area contributed by atoms with Crippen molar-refractivity contribution < 1.29 is 0 Å². The summed E-state index contributed by atoms with van der Waals surface area (Å²) in [6.07, 6.45) is 0. The van der Waals surface area contributed by atoms with Gasteiger partial charge in [-0.25, -0.2) is 0 Å². The van der Waals surface area contributed by atoms with Gasteiger partial charge in [-0.05, 0) is 35.2 Å². The first-order valence-corrected chi connectivity index (χ1v) is 9.02. The summed E-state index contributed by atoms with van der Waals surface area (Å²) >= 11 is 0. The third-order valence-electron chi connectivity index (χ3n) is 4.89. The van der Waals surface area contributed by atoms with E-state index in [0.717, 1.165) is 17.0 Å². The van der Waals surface area contributed by atoms with Gasteiger partial charge in [0, 0.05) is 12.7 Å². The molecule has 2 aromatic carbocycles. The molecule has 0 saturated carbocycles. The van der Waals surface area contributed by atoms with E-state index in [4.69, 9.17) is 0 Å². The van der Waals surface area contributed by atoms with Crippen molar-refractivity contribution in [3.63, 3.8) is 0 Å². The summed E-state index contributed by atoms with van der Waals surface area (Å²) < 4.78 is 3.48. The number of benzene rings is 2. The Morgan fingerprint density at radius 1 is 1.00 bits per heavy atom. The smallest absolute Gasteiger partial charge is 0.262 e. The molecule has 4 aromatic rings. The number of para-hydroxylation sites is 1. The van der Waals surface area contributed by atoms with Crippen molar-refractivity contribution in [2.45, 2.75) is 32.7 Å². The van der Waals surface area contributed by atoms with Gasteiger partial charge in [0.2, 0.25) is 5.78 Å². The van der Waals surface area contributed by atoms with Crippen LogP contribution in [0.2, 0.25) is 0 Å². The minimum atomic E-state index is -0.0669. The second-order valence-electron chi connectivity index (χ2n) is 7.81. The van der Waals surface area contributed by atoms with Gasteiger partial charge >= 0.3 is 0 Å². The lowest BCUT2D eigenvalue weighted by atomic mass is 9.87. The van der Waals surface area contributed by atoms with Crippen LogP contribution in [-0.2, 0) is 19.0 Å². The van der Waals surface area contributed by atoms with Crippen LogP contribution in [0.1, 0.15) is 32.2 Å². The number of nitrogens with zero attached hydrogens (tertiary/aromatic N) is 4. The van der Waals surface area contributed by atoms with E-state index < -0.39 is 0 Å². The van der Waals surface area contributed by atoms with Gasteiger partial charge < -0.3 is 5.32 Å². The van der Waals surface area contributed by atoms with Crippen LogP contribution < -0.4 is 10.9 Å². The zero-order valence-electron chi connectivity index (χ0n) is 16.0. The highest BCUT2D eigenvalue weighted by Gasteiger charge is 2.15. The summed E-state index contributed by atoms with van der Waals surface area (Å²) in [5, 5.41) is 12.6. The van der Waals surface area contributed by atoms with Gasteiger partial charge in [0.05, 0.1) is 17.4 Å². The number of hydrogen-bond acceptors (Lipinski definition) is 4. The Bertz CT molecular complexity index is 1180. The van der Waals surface area contributed by atoms with Gasteiger partial charge in [-0.1, -0.05) is 45.0 Å². The number of aromatic nitrogens is 4. The van der Waals surface area contributed by atoms with E-state index in [1.807, 2.05) is 28.7 Å². The van der Waals surface area contributed by atoms with Gasteiger partial charge in [0.1, 0.15) is 0 Å². The molecule has 6 nitrogen and oxygen atoms in total. The number of hydrogen-bond donors (Lipinski definition) is 1. The fourth-order valence-electron chi connectivity index (χ4n) is 3.28. The molecule has 0 amide bonds. The average Bonchev–Trinajstić information content (AvgIpc) is 3.08. The molecule has 2 heterocycles. The monoisotopic (exact) mass is 361 g/mol. The normalized spacial score (nSPS) is 12.0. The summed E-state index contributed by atoms with van der Waals surface area (Å²) in [5.41, 5.74) is 3.20. The van der Waals surface area contributed by atoms with Crippen LogP contribution in [-0.4, -0.2) is 19.2 Å². The quantitative estimate of drug-likeness (QED) is 0.607. The van der Waals surface area contributed by atoms with Gasteiger partial charge in [-0.15, -0.1) is 10.2 Å². The maximum atomic E-state index is 12.5. The number of nitrogens with one attached hydrogen (secondary N) is 1. The molecule has 0 unspecified atom stereocenters. The SMILES string of the molecule is Cn1c(=O)c2ccccc2n2c(CNc3ccc(C(C)(C)C)cc3)nnc12. The summed E-state index contributed by atoms with van der Waals surface area (Å²) in [6.45, 7) is 7.12. The molecule has 0 fully saturated rings. The first-order chi connectivity index (χ1) is 12.9. The van der Waals surface area contributed by atoms with Crippen molar-refractivity contribution in [1.82, 2.24) is 19.2 Å². The van der Waals surface area contributed by atoms with Crippen molar-refractivity contribution in [3.8, 4) is 0 Å². The fourth-order valence-corrected chi connectivity index (χ4v) is 3.28. The molecule has 2 aromatic heterocycles. The number of aryl methyl sites for hydroxylation is 1. The zero-order chi connectivity index (χ0) is 19.2. The highest BCUT2D eigenvalue weighted by atomic mass is 16.1. The van der Waals surface area contributed by atoms with E-state index >= 15 is 0 Å². The van der Waals surface area contributed by atoms with Crippen LogP contribution in [0.25, 0.3) is 16.7 Å². The fraction of sp³-hybridized carbons (Fsp3) is 0.286. The summed E-state index contributed by atoms with van der Waals surface area (Å²) in [4.78, 5) is 12.5. The maximum Gasteiger partial charge on any atom is 0.262 e. The first kappa shape index (κ1) is 17.3. The van der Waals surface area contributed by atoms with Crippen molar-refractivity contribution in [2.24, 2.45) is 7.05 Å². The molecule has 0 aliphatic carbocycles. The van der Waals surface area contributed by atoms with Crippen LogP contribution in [0, 0.1) is 0 Å². The third kappa shape index (κ3) is 2.97. The van der Waals surface area contributed by atoms with E-state index in [2.05, 4.69) is 60.6 Å². The lowest BCUT2D eigenvalue weighted by Gasteiger charge is -2.19. The molecule has 0 spiro atoms. The van der Waals surface area contributed by atoms with Crippen LogP contribution in [0.3, 0.4) is 0 Å². The van der Waals surface area contributed by atoms with Gasteiger partial charge in [0.15, 0.2) is 5.82 Å². The van der Waals surface area contributed by atoms with Gasteiger partial charge in [-0.2, -0.15) is 0 Å². The van der Waals surface area contributed by atoms with Gasteiger partial charge in [0.25, 0.3) is 5.56 Å². The molecule has 6 heteroatoms. The molecule has 27 heavy (non-hydrogen) atoms. The van der Waals surface area contributed by atoms with Gasteiger partial charge in [-0.3, -0.25) is 13.8 Å². The van der Waals surface area contributed by atoms with E-state index in [1.54, 1.807) is 7.05 Å². The topological polar surface area (TPSA) is 64.2 Å². The number of anilines is 1. The Balaban J connectivity index is 1.70. The summed E-state index contributed by atoms with van der Waals surface area (Å²) in [7, 11) is 1.72. The second kappa shape index (κ2) is 6.23. The highest BCUT2D eigenvalue weighted by molar-refractivity contribution is 5.80. The van der Waals surface area contributed by atoms with E-state index in [0.29, 0.717) is 17.7 Å². The molecular formula is C21H23N5O. The van der Waals surface area contributed by atoms with Crippen molar-refractivity contribution in [2.75, 3.05) is 5.32 Å².